The van der Waals surface area contributed by atoms with Gasteiger partial charge in [0.1, 0.15) is 5.75 Å². The molecule has 0 spiro atoms. The molecule has 0 unspecified atom stereocenters. The first-order chi connectivity index (χ1) is 18.6. The van der Waals surface area contributed by atoms with Gasteiger partial charge in [-0.15, -0.1) is 11.8 Å². The first-order valence-corrected chi connectivity index (χ1v) is 14.0. The molecule has 3 aromatic rings. The number of nitrogens with zero attached hydrogens (tertiary/aromatic N) is 3. The van der Waals surface area contributed by atoms with Crippen LogP contribution in [0.15, 0.2) is 41.4 Å². The van der Waals surface area contributed by atoms with Crippen LogP contribution in [0.1, 0.15) is 31.2 Å². The molecular weight excluding hydrogens is 527 g/mol. The number of aliphatic carboxylic acids is 1. The largest absolute Gasteiger partial charge is 0.497 e. The summed E-state index contributed by atoms with van der Waals surface area (Å²) in [7, 11) is 5.58. The van der Waals surface area contributed by atoms with Crippen molar-refractivity contribution in [3.8, 4) is 5.75 Å². The minimum absolute atomic E-state index is 0.335. The van der Waals surface area contributed by atoms with E-state index in [4.69, 9.17) is 4.74 Å². The van der Waals surface area contributed by atoms with Crippen molar-refractivity contribution >= 4 is 34.3 Å². The zero-order valence-electron chi connectivity index (χ0n) is 22.5. The Labute approximate surface area is 231 Å². The molecule has 10 heteroatoms. The number of hydrogen-bond donors (Lipinski definition) is 1. The summed E-state index contributed by atoms with van der Waals surface area (Å²) < 4.78 is 45.5. The topological polar surface area (TPSA) is 65.9 Å². The molecule has 1 fully saturated rings. The predicted molar refractivity (Wildman–Crippen MR) is 148 cm³/mol. The minimum Gasteiger partial charge on any atom is -0.497 e. The van der Waals surface area contributed by atoms with Gasteiger partial charge in [0.15, 0.2) is 17.5 Å². The number of likely N-dealkylation sites (tertiary alicyclic amines) is 1. The highest BCUT2D eigenvalue weighted by Crippen LogP contribution is 2.38. The van der Waals surface area contributed by atoms with Crippen LogP contribution in [0.25, 0.3) is 10.9 Å². The molecule has 0 saturated carbocycles. The Morgan fingerprint density at radius 3 is 2.46 bits per heavy atom. The third-order valence-corrected chi connectivity index (χ3v) is 8.58. The maximum absolute atomic E-state index is 13.5. The second-order valence-electron chi connectivity index (χ2n) is 10.2. The van der Waals surface area contributed by atoms with E-state index in [0.29, 0.717) is 49.5 Å². The number of aromatic nitrogens is 1. The first-order valence-electron chi connectivity index (χ1n) is 13.0. The van der Waals surface area contributed by atoms with Crippen LogP contribution in [-0.2, 0) is 11.2 Å². The summed E-state index contributed by atoms with van der Waals surface area (Å²) in [5.74, 6) is -3.30. The molecule has 0 aliphatic carbocycles. The lowest BCUT2D eigenvalue weighted by Crippen LogP contribution is -2.45. The van der Waals surface area contributed by atoms with Crippen molar-refractivity contribution in [2.24, 2.45) is 5.41 Å². The van der Waals surface area contributed by atoms with E-state index in [-0.39, 0.29) is 0 Å². The average Bonchev–Trinajstić information content (AvgIpc) is 2.92. The molecule has 6 nitrogen and oxygen atoms in total. The van der Waals surface area contributed by atoms with Crippen LogP contribution in [0.5, 0.6) is 5.75 Å². The van der Waals surface area contributed by atoms with Crippen LogP contribution < -0.4 is 9.64 Å². The monoisotopic (exact) mass is 561 g/mol. The van der Waals surface area contributed by atoms with E-state index in [2.05, 4.69) is 9.88 Å². The van der Waals surface area contributed by atoms with Gasteiger partial charge >= 0.3 is 5.97 Å². The van der Waals surface area contributed by atoms with Gasteiger partial charge in [-0.05, 0) is 81.1 Å². The van der Waals surface area contributed by atoms with E-state index in [9.17, 15) is 23.1 Å². The molecule has 2 aromatic carbocycles. The van der Waals surface area contributed by atoms with Crippen LogP contribution in [0.3, 0.4) is 0 Å². The fraction of sp³-hybridized carbons (Fsp3) is 0.448. The number of carboxylic acids is 1. The lowest BCUT2D eigenvalue weighted by Gasteiger charge is -2.39. The van der Waals surface area contributed by atoms with Gasteiger partial charge in [-0.25, -0.2) is 13.2 Å². The van der Waals surface area contributed by atoms with Gasteiger partial charge in [0, 0.05) is 36.7 Å². The molecule has 39 heavy (non-hydrogen) atoms. The lowest BCUT2D eigenvalue weighted by molar-refractivity contribution is -0.152. The maximum Gasteiger partial charge on any atom is 0.309 e. The van der Waals surface area contributed by atoms with E-state index in [1.807, 2.05) is 43.4 Å². The molecule has 4 rings (SSSR count). The number of benzene rings is 2. The van der Waals surface area contributed by atoms with Crippen molar-refractivity contribution in [2.75, 3.05) is 51.5 Å². The van der Waals surface area contributed by atoms with Crippen LogP contribution in [-0.4, -0.2) is 67.6 Å². The second-order valence-corrected chi connectivity index (χ2v) is 11.4. The zero-order chi connectivity index (χ0) is 28.2. The molecule has 1 aliphatic heterocycles. The third-order valence-electron chi connectivity index (χ3n) is 7.63. The van der Waals surface area contributed by atoms with Gasteiger partial charge in [-0.3, -0.25) is 9.78 Å². The Morgan fingerprint density at radius 2 is 1.85 bits per heavy atom. The minimum atomic E-state index is -1.46. The van der Waals surface area contributed by atoms with Crippen LogP contribution in [0, 0.1) is 22.9 Å². The van der Waals surface area contributed by atoms with Crippen molar-refractivity contribution in [2.45, 2.75) is 37.0 Å². The summed E-state index contributed by atoms with van der Waals surface area (Å²) in [4.78, 5) is 21.6. The smallest absolute Gasteiger partial charge is 0.309 e. The van der Waals surface area contributed by atoms with Crippen molar-refractivity contribution in [3.05, 3.63) is 59.5 Å². The summed E-state index contributed by atoms with van der Waals surface area (Å²) in [6.07, 6.45) is 4.96. The van der Waals surface area contributed by atoms with Gasteiger partial charge < -0.3 is 19.6 Å². The van der Waals surface area contributed by atoms with E-state index < -0.39 is 28.8 Å². The fourth-order valence-corrected chi connectivity index (χ4v) is 6.24. The molecule has 2 heterocycles. The number of carboxylic acid groups (broad SMARTS) is 1. The molecule has 1 N–H and O–H groups in total. The Bertz CT molecular complexity index is 1310. The molecule has 1 saturated heterocycles. The number of thioether (sulfide) groups is 1. The number of piperidine rings is 1. The SMILES string of the molecule is COc1ccc2ncc(N(C)C)c(CCCC3(C(=O)O)CCN(CCSc4cc(F)c(F)c(F)c4)CC3)c2c1. The average molecular weight is 562 g/mol. The van der Waals surface area contributed by atoms with Crippen molar-refractivity contribution in [1.29, 1.82) is 0 Å². The molecule has 0 radical (unpaired) electrons. The summed E-state index contributed by atoms with van der Waals surface area (Å²) in [5.41, 5.74) is 2.23. The maximum atomic E-state index is 13.5. The predicted octanol–water partition coefficient (Wildman–Crippen LogP) is 6.01. The Kier molecular flexibility index (Phi) is 9.27. The van der Waals surface area contributed by atoms with E-state index in [1.54, 1.807) is 7.11 Å². The van der Waals surface area contributed by atoms with Crippen molar-refractivity contribution in [1.82, 2.24) is 9.88 Å². The van der Waals surface area contributed by atoms with Gasteiger partial charge in [0.05, 0.1) is 29.9 Å². The van der Waals surface area contributed by atoms with Crippen molar-refractivity contribution in [3.63, 3.8) is 0 Å². The quantitative estimate of drug-likeness (QED) is 0.227. The number of aryl methyl sites for hydroxylation is 1. The van der Waals surface area contributed by atoms with Gasteiger partial charge in [-0.1, -0.05) is 0 Å². The number of pyridine rings is 1. The number of carbonyl (C=O) groups is 1. The summed E-state index contributed by atoms with van der Waals surface area (Å²) >= 11 is 1.25. The molecule has 0 amide bonds. The molecule has 1 aliphatic rings. The molecule has 0 atom stereocenters. The van der Waals surface area contributed by atoms with Gasteiger partial charge in [0.25, 0.3) is 0 Å². The molecule has 210 valence electrons. The van der Waals surface area contributed by atoms with Crippen LogP contribution in [0.4, 0.5) is 18.9 Å². The lowest BCUT2D eigenvalue weighted by atomic mass is 9.74. The Balaban J connectivity index is 1.36. The summed E-state index contributed by atoms with van der Waals surface area (Å²) in [5, 5.41) is 11.2. The van der Waals surface area contributed by atoms with Gasteiger partial charge in [-0.2, -0.15) is 0 Å². The van der Waals surface area contributed by atoms with Crippen LogP contribution >= 0.6 is 11.8 Å². The van der Waals surface area contributed by atoms with E-state index in [1.165, 1.54) is 11.8 Å². The highest BCUT2D eigenvalue weighted by Gasteiger charge is 2.40. The molecule has 0 bridgehead atoms. The second kappa shape index (κ2) is 12.5. The number of halogens is 3. The van der Waals surface area contributed by atoms with E-state index in [0.717, 1.165) is 52.9 Å². The molecular formula is C29H34F3N3O3S. The molecule has 1 aromatic heterocycles. The number of fused-ring (bicyclic) bond motifs is 1. The Morgan fingerprint density at radius 1 is 1.15 bits per heavy atom. The summed E-state index contributed by atoms with van der Waals surface area (Å²) in [6.45, 7) is 1.92. The van der Waals surface area contributed by atoms with E-state index >= 15 is 0 Å². The van der Waals surface area contributed by atoms with Crippen LogP contribution in [0.2, 0.25) is 0 Å². The highest BCUT2D eigenvalue weighted by atomic mass is 32.2. The standard InChI is InChI=1S/C29H34F3N3O3S/c1-34(2)26-18-33-25-7-6-19(38-3)15-22(25)21(26)5-4-8-29(28(36)37)9-11-35(12-10-29)13-14-39-20-16-23(30)27(32)24(31)17-20/h6-7,15-18H,4-5,8-14H2,1-3H3,(H,36,37). The number of ether oxygens (including phenoxy) is 1. The fourth-order valence-electron chi connectivity index (χ4n) is 5.28. The zero-order valence-corrected chi connectivity index (χ0v) is 23.3. The Hall–Kier alpha value is -2.98. The first kappa shape index (κ1) is 29.0. The number of methoxy groups -OCH3 is 1. The number of hydrogen-bond acceptors (Lipinski definition) is 6. The number of anilines is 1. The normalized spacial score (nSPS) is 15.4. The highest BCUT2D eigenvalue weighted by molar-refractivity contribution is 7.99. The third kappa shape index (κ3) is 6.61. The summed E-state index contributed by atoms with van der Waals surface area (Å²) in [6, 6.07) is 7.81. The van der Waals surface area contributed by atoms with Gasteiger partial charge in [0.2, 0.25) is 0 Å². The van der Waals surface area contributed by atoms with Crippen molar-refractivity contribution < 1.29 is 27.8 Å². The number of rotatable bonds is 11.